The quantitative estimate of drug-likeness (QED) is 0.428. The summed E-state index contributed by atoms with van der Waals surface area (Å²) < 4.78 is 2.25. The number of hydrogen-bond donors (Lipinski definition) is 1. The molecule has 154 valence electrons. The molecule has 2 atom stereocenters. The number of aromatic nitrogens is 2. The van der Waals surface area contributed by atoms with Gasteiger partial charge in [0, 0.05) is 29.5 Å². The molecule has 1 aliphatic rings. The van der Waals surface area contributed by atoms with Crippen LogP contribution >= 0.6 is 12.2 Å². The Kier molecular flexibility index (Phi) is 5.04. The first-order chi connectivity index (χ1) is 15.1. The van der Waals surface area contributed by atoms with E-state index in [1.165, 1.54) is 11.1 Å². The van der Waals surface area contributed by atoms with E-state index in [2.05, 4.69) is 107 Å². The van der Waals surface area contributed by atoms with Crippen LogP contribution in [-0.2, 0) is 0 Å². The Morgan fingerprint density at radius 2 is 1.68 bits per heavy atom. The minimum absolute atomic E-state index is 0.0412. The minimum atomic E-state index is -0.0617. The van der Waals surface area contributed by atoms with Crippen LogP contribution in [0.1, 0.15) is 34.6 Å². The van der Waals surface area contributed by atoms with Crippen molar-refractivity contribution >= 4 is 23.0 Å². The van der Waals surface area contributed by atoms with Gasteiger partial charge in [-0.15, -0.1) is 0 Å². The van der Waals surface area contributed by atoms with Crippen molar-refractivity contribution in [1.29, 1.82) is 0 Å². The maximum Gasteiger partial charge on any atom is 0.174 e. The molecule has 1 fully saturated rings. The number of thiocarbonyl (C=S) groups is 1. The molecule has 1 saturated heterocycles. The molecule has 1 aliphatic heterocycles. The summed E-state index contributed by atoms with van der Waals surface area (Å²) in [7, 11) is 0. The maximum atomic E-state index is 5.85. The highest BCUT2D eigenvalue weighted by molar-refractivity contribution is 7.80. The van der Waals surface area contributed by atoms with Crippen molar-refractivity contribution in [3.05, 3.63) is 114 Å². The lowest BCUT2D eigenvalue weighted by atomic mass is 10.0. The predicted molar refractivity (Wildman–Crippen MR) is 130 cm³/mol. The molecule has 4 aromatic rings. The van der Waals surface area contributed by atoms with Gasteiger partial charge in [-0.3, -0.25) is 4.98 Å². The van der Waals surface area contributed by atoms with Crippen LogP contribution in [0, 0.1) is 13.8 Å². The number of benzene rings is 2. The lowest BCUT2D eigenvalue weighted by Crippen LogP contribution is -2.30. The zero-order valence-electron chi connectivity index (χ0n) is 17.6. The van der Waals surface area contributed by atoms with Crippen LogP contribution in [0.25, 0.3) is 5.69 Å². The van der Waals surface area contributed by atoms with Crippen LogP contribution in [0.2, 0.25) is 0 Å². The van der Waals surface area contributed by atoms with Crippen LogP contribution in [0.5, 0.6) is 0 Å². The topological polar surface area (TPSA) is 33.1 Å². The average molecular weight is 425 g/mol. The average Bonchev–Trinajstić information content (AvgIpc) is 3.39. The van der Waals surface area contributed by atoms with Crippen molar-refractivity contribution in [2.45, 2.75) is 25.9 Å². The standard InChI is InChI=1S/C26H24N4S/c1-18-11-13-20(14-12-18)29-16-6-10-23(29)25-24(22-9-3-4-15-27-22)28-26(31)30(25)21-8-5-7-19(2)17-21/h3-17,24-25H,1-2H3,(H,28,31)/t24-,25+/m0/s1. The van der Waals surface area contributed by atoms with Gasteiger partial charge >= 0.3 is 0 Å². The normalized spacial score (nSPS) is 18.3. The molecule has 5 rings (SSSR count). The number of nitrogens with zero attached hydrogens (tertiary/aromatic N) is 3. The fraction of sp³-hybridized carbons (Fsp3) is 0.154. The Labute approximate surface area is 188 Å². The first-order valence-corrected chi connectivity index (χ1v) is 10.8. The van der Waals surface area contributed by atoms with Crippen molar-refractivity contribution in [1.82, 2.24) is 14.9 Å². The van der Waals surface area contributed by atoms with E-state index in [0.29, 0.717) is 5.11 Å². The molecular weight excluding hydrogens is 400 g/mol. The molecule has 0 amide bonds. The Morgan fingerprint density at radius 1 is 0.839 bits per heavy atom. The third-order valence-electron chi connectivity index (χ3n) is 5.77. The summed E-state index contributed by atoms with van der Waals surface area (Å²) in [4.78, 5) is 6.88. The van der Waals surface area contributed by atoms with Crippen molar-refractivity contribution in [3.63, 3.8) is 0 Å². The molecule has 0 saturated carbocycles. The van der Waals surface area contributed by atoms with Crippen molar-refractivity contribution < 1.29 is 0 Å². The first kappa shape index (κ1) is 19.5. The van der Waals surface area contributed by atoms with E-state index >= 15 is 0 Å². The Bertz CT molecular complexity index is 1210. The molecule has 31 heavy (non-hydrogen) atoms. The number of aryl methyl sites for hydroxylation is 2. The SMILES string of the molecule is Cc1ccc(-n2cccc2[C@@H]2[C@H](c3ccccn3)NC(=S)N2c2cccc(C)c2)cc1. The van der Waals surface area contributed by atoms with Crippen LogP contribution in [-0.4, -0.2) is 14.7 Å². The largest absolute Gasteiger partial charge is 0.351 e. The van der Waals surface area contributed by atoms with Crippen LogP contribution < -0.4 is 10.2 Å². The molecule has 2 aromatic carbocycles. The second-order valence-electron chi connectivity index (χ2n) is 7.97. The fourth-order valence-corrected chi connectivity index (χ4v) is 4.63. The zero-order chi connectivity index (χ0) is 21.4. The van der Waals surface area contributed by atoms with Gasteiger partial charge in [-0.2, -0.15) is 0 Å². The number of pyridine rings is 1. The number of nitrogens with one attached hydrogen (secondary N) is 1. The summed E-state index contributed by atoms with van der Waals surface area (Å²) in [6, 6.07) is 27.3. The number of anilines is 1. The molecule has 3 heterocycles. The molecule has 4 nitrogen and oxygen atoms in total. The molecule has 2 aromatic heterocycles. The number of rotatable bonds is 4. The molecule has 0 radical (unpaired) electrons. The van der Waals surface area contributed by atoms with Crippen LogP contribution in [0.15, 0.2) is 91.3 Å². The van der Waals surface area contributed by atoms with Gasteiger partial charge in [-0.1, -0.05) is 35.9 Å². The highest BCUT2D eigenvalue weighted by Gasteiger charge is 2.42. The smallest absolute Gasteiger partial charge is 0.174 e. The Morgan fingerprint density at radius 3 is 2.42 bits per heavy atom. The molecule has 0 bridgehead atoms. The van der Waals surface area contributed by atoms with Gasteiger partial charge in [0.25, 0.3) is 0 Å². The predicted octanol–water partition coefficient (Wildman–Crippen LogP) is 5.67. The second kappa shape index (κ2) is 8.00. The Balaban J connectivity index is 1.67. The van der Waals surface area contributed by atoms with E-state index in [4.69, 9.17) is 12.2 Å². The van der Waals surface area contributed by atoms with Gasteiger partial charge in [-0.25, -0.2) is 0 Å². The summed E-state index contributed by atoms with van der Waals surface area (Å²) in [6.45, 7) is 4.21. The van der Waals surface area contributed by atoms with Gasteiger partial charge in [-0.05, 0) is 80.2 Å². The van der Waals surface area contributed by atoms with Crippen LogP contribution in [0.4, 0.5) is 5.69 Å². The molecule has 0 aliphatic carbocycles. The fourth-order valence-electron chi connectivity index (χ4n) is 4.29. The highest BCUT2D eigenvalue weighted by atomic mass is 32.1. The van der Waals surface area contributed by atoms with E-state index in [0.717, 1.165) is 22.8 Å². The van der Waals surface area contributed by atoms with Crippen LogP contribution in [0.3, 0.4) is 0 Å². The Hall–Kier alpha value is -3.44. The van der Waals surface area contributed by atoms with Gasteiger partial charge < -0.3 is 14.8 Å². The summed E-state index contributed by atoms with van der Waals surface area (Å²) in [5.74, 6) is 0. The molecule has 5 heteroatoms. The monoisotopic (exact) mass is 424 g/mol. The van der Waals surface area contributed by atoms with E-state index < -0.39 is 0 Å². The van der Waals surface area contributed by atoms with Gasteiger partial charge in [0.1, 0.15) is 6.04 Å². The van der Waals surface area contributed by atoms with E-state index in [9.17, 15) is 0 Å². The third-order valence-corrected chi connectivity index (χ3v) is 6.09. The zero-order valence-corrected chi connectivity index (χ0v) is 18.4. The summed E-state index contributed by atoms with van der Waals surface area (Å²) >= 11 is 5.85. The lowest BCUT2D eigenvalue weighted by Gasteiger charge is -2.29. The molecule has 0 unspecified atom stereocenters. The lowest BCUT2D eigenvalue weighted by molar-refractivity contribution is 0.549. The van der Waals surface area contributed by atoms with Crippen molar-refractivity contribution in [2.24, 2.45) is 0 Å². The molecule has 1 N–H and O–H groups in total. The minimum Gasteiger partial charge on any atom is -0.351 e. The van der Waals surface area contributed by atoms with Gasteiger partial charge in [0.15, 0.2) is 5.11 Å². The molecular formula is C26H24N4S. The van der Waals surface area contributed by atoms with Gasteiger partial charge in [0.2, 0.25) is 0 Å². The number of hydrogen-bond acceptors (Lipinski definition) is 2. The maximum absolute atomic E-state index is 5.85. The third kappa shape index (κ3) is 3.62. The first-order valence-electron chi connectivity index (χ1n) is 10.4. The van der Waals surface area contributed by atoms with E-state index in [-0.39, 0.29) is 12.1 Å². The second-order valence-corrected chi connectivity index (χ2v) is 8.36. The summed E-state index contributed by atoms with van der Waals surface area (Å²) in [6.07, 6.45) is 3.96. The summed E-state index contributed by atoms with van der Waals surface area (Å²) in [5.41, 5.74) is 6.79. The van der Waals surface area contributed by atoms with Gasteiger partial charge in [0.05, 0.1) is 11.7 Å². The summed E-state index contributed by atoms with van der Waals surface area (Å²) in [5, 5.41) is 4.26. The van der Waals surface area contributed by atoms with Crippen molar-refractivity contribution in [2.75, 3.05) is 4.90 Å². The molecule has 0 spiro atoms. The van der Waals surface area contributed by atoms with Crippen molar-refractivity contribution in [3.8, 4) is 5.69 Å². The van der Waals surface area contributed by atoms with E-state index in [1.807, 2.05) is 18.3 Å². The van der Waals surface area contributed by atoms with E-state index in [1.54, 1.807) is 0 Å². The highest BCUT2D eigenvalue weighted by Crippen LogP contribution is 2.42.